The average Bonchev–Trinajstić information content (AvgIpc) is 3.25. The van der Waals surface area contributed by atoms with Crippen LogP contribution < -0.4 is 4.74 Å². The van der Waals surface area contributed by atoms with Crippen LogP contribution in [-0.2, 0) is 43.5 Å². The van der Waals surface area contributed by atoms with Crippen LogP contribution in [0.4, 0.5) is 17.6 Å². The largest absolute Gasteiger partial charge is 0.456 e. The molecule has 2 bridgehead atoms. The molecule has 6 atom stereocenters. The van der Waals surface area contributed by atoms with Gasteiger partial charge >= 0.3 is 22.1 Å². The number of carbonyl (C=O) groups excluding carboxylic acids is 2. The Hall–Kier alpha value is -2.34. The minimum Gasteiger partial charge on any atom is -0.456 e. The van der Waals surface area contributed by atoms with Gasteiger partial charge in [-0.05, 0) is 0 Å². The van der Waals surface area contributed by atoms with Gasteiger partial charge in [-0.25, -0.2) is 8.78 Å². The monoisotopic (exact) mass is 506 g/mol. The van der Waals surface area contributed by atoms with E-state index in [2.05, 4.69) is 4.74 Å². The standard InChI is InChI=1S/C15H10F4O11S2/c1-31(22,23)30-12-9-3(2-8(27-9)11(12)29-15(2)21)14(20)28-10-4(16)6(18)13(32(24,25)26)7(19)5(10)17/h2-3,8-9,11-12H,1H3,(H,24,25,26). The first kappa shape index (κ1) is 22.8. The molecule has 1 aromatic carbocycles. The summed E-state index contributed by atoms with van der Waals surface area (Å²) in [5.74, 6) is -17.9. The van der Waals surface area contributed by atoms with Gasteiger partial charge in [-0.15, -0.1) is 0 Å². The highest BCUT2D eigenvalue weighted by Gasteiger charge is 2.72. The average molecular weight is 506 g/mol. The summed E-state index contributed by atoms with van der Waals surface area (Å²) in [6, 6.07) is 0. The van der Waals surface area contributed by atoms with E-state index in [1.54, 1.807) is 0 Å². The Morgan fingerprint density at radius 2 is 1.53 bits per heavy atom. The number of hydrogen-bond donors (Lipinski definition) is 1. The highest BCUT2D eigenvalue weighted by Crippen LogP contribution is 2.52. The fourth-order valence-electron chi connectivity index (χ4n) is 3.99. The second-order valence-electron chi connectivity index (χ2n) is 7.09. The maximum Gasteiger partial charge on any atom is 0.318 e. The maximum absolute atomic E-state index is 14.2. The number of fused-ring (bicyclic) bond motifs is 1. The molecular weight excluding hydrogens is 496 g/mol. The normalized spacial score (nSPS) is 31.1. The van der Waals surface area contributed by atoms with Crippen molar-refractivity contribution in [3.63, 3.8) is 0 Å². The predicted octanol–water partition coefficient (Wildman–Crippen LogP) is -0.321. The molecule has 0 saturated carbocycles. The lowest BCUT2D eigenvalue weighted by molar-refractivity contribution is -0.150. The molecule has 1 aromatic rings. The van der Waals surface area contributed by atoms with Gasteiger partial charge in [0.2, 0.25) is 17.4 Å². The Balaban J connectivity index is 1.70. The SMILES string of the molecule is CS(=O)(=O)OC1C2OC(=O)C3C2OC1C3C(=O)Oc1c(F)c(F)c(S(=O)(=O)O)c(F)c1F. The Kier molecular flexibility index (Phi) is 5.05. The van der Waals surface area contributed by atoms with Gasteiger partial charge in [-0.3, -0.25) is 18.3 Å². The molecular formula is C15H10F4O11S2. The second-order valence-corrected chi connectivity index (χ2v) is 10.1. The fourth-order valence-corrected chi connectivity index (χ4v) is 5.25. The number of esters is 2. The molecule has 3 aliphatic heterocycles. The van der Waals surface area contributed by atoms with E-state index in [0.717, 1.165) is 0 Å². The molecule has 0 spiro atoms. The second kappa shape index (κ2) is 7.08. The third-order valence-corrected chi connectivity index (χ3v) is 6.55. The van der Waals surface area contributed by atoms with Crippen molar-refractivity contribution in [3.8, 4) is 5.75 Å². The van der Waals surface area contributed by atoms with E-state index < -0.39 is 102 Å². The van der Waals surface area contributed by atoms with Crippen molar-refractivity contribution in [1.29, 1.82) is 0 Å². The lowest BCUT2D eigenvalue weighted by atomic mass is 9.78. The molecule has 32 heavy (non-hydrogen) atoms. The summed E-state index contributed by atoms with van der Waals surface area (Å²) in [6.45, 7) is 0. The van der Waals surface area contributed by atoms with Gasteiger partial charge < -0.3 is 14.2 Å². The number of ether oxygens (including phenoxy) is 3. The molecule has 176 valence electrons. The lowest BCUT2D eigenvalue weighted by Gasteiger charge is -2.26. The first-order valence-corrected chi connectivity index (χ1v) is 11.7. The van der Waals surface area contributed by atoms with Gasteiger partial charge in [0, 0.05) is 0 Å². The van der Waals surface area contributed by atoms with Crippen molar-refractivity contribution in [1.82, 2.24) is 0 Å². The van der Waals surface area contributed by atoms with Crippen molar-refractivity contribution in [2.24, 2.45) is 11.8 Å². The summed E-state index contributed by atoms with van der Waals surface area (Å²) in [5.41, 5.74) is 0. The van der Waals surface area contributed by atoms with Gasteiger partial charge in [0.05, 0.1) is 6.26 Å². The van der Waals surface area contributed by atoms with Crippen LogP contribution in [0.2, 0.25) is 0 Å². The summed E-state index contributed by atoms with van der Waals surface area (Å²) in [5, 5.41) is 0. The van der Waals surface area contributed by atoms with Crippen LogP contribution >= 0.6 is 0 Å². The number of rotatable bonds is 5. The third kappa shape index (κ3) is 3.35. The molecule has 0 amide bonds. The number of carbonyl (C=O) groups is 2. The van der Waals surface area contributed by atoms with Crippen molar-refractivity contribution in [2.45, 2.75) is 29.3 Å². The predicted molar refractivity (Wildman–Crippen MR) is 87.0 cm³/mol. The van der Waals surface area contributed by atoms with Crippen LogP contribution in [0.25, 0.3) is 0 Å². The topological polar surface area (TPSA) is 160 Å². The van der Waals surface area contributed by atoms with E-state index in [1.807, 2.05) is 0 Å². The molecule has 1 N–H and O–H groups in total. The van der Waals surface area contributed by atoms with Gasteiger partial charge in [0.15, 0.2) is 22.6 Å². The molecule has 0 aromatic heterocycles. The summed E-state index contributed by atoms with van der Waals surface area (Å²) >= 11 is 0. The summed E-state index contributed by atoms with van der Waals surface area (Å²) in [4.78, 5) is 22.3. The molecule has 3 fully saturated rings. The number of benzene rings is 1. The number of halogens is 4. The summed E-state index contributed by atoms with van der Waals surface area (Å²) < 4.78 is 129. The molecule has 6 unspecified atom stereocenters. The van der Waals surface area contributed by atoms with Crippen LogP contribution in [0.5, 0.6) is 5.75 Å². The van der Waals surface area contributed by atoms with Gasteiger partial charge in [-0.2, -0.15) is 25.6 Å². The van der Waals surface area contributed by atoms with Crippen LogP contribution in [0, 0.1) is 35.1 Å². The number of hydrogen-bond acceptors (Lipinski definition) is 10. The van der Waals surface area contributed by atoms with Crippen LogP contribution in [0.15, 0.2) is 4.90 Å². The Morgan fingerprint density at radius 3 is 2.03 bits per heavy atom. The first-order valence-electron chi connectivity index (χ1n) is 8.42. The minimum absolute atomic E-state index is 0.660. The fraction of sp³-hybridized carbons (Fsp3) is 0.467. The Labute approximate surface area is 176 Å². The highest BCUT2D eigenvalue weighted by molar-refractivity contribution is 7.86. The zero-order valence-electron chi connectivity index (χ0n) is 15.3. The molecule has 0 aliphatic carbocycles. The maximum atomic E-state index is 14.2. The summed E-state index contributed by atoms with van der Waals surface area (Å²) in [6.07, 6.45) is -4.72. The molecule has 17 heteroatoms. The summed E-state index contributed by atoms with van der Waals surface area (Å²) in [7, 11) is -9.89. The molecule has 11 nitrogen and oxygen atoms in total. The van der Waals surface area contributed by atoms with Crippen LogP contribution in [0.3, 0.4) is 0 Å². The van der Waals surface area contributed by atoms with E-state index in [9.17, 15) is 44.0 Å². The van der Waals surface area contributed by atoms with Crippen LogP contribution in [-0.4, -0.2) is 64.0 Å². The smallest absolute Gasteiger partial charge is 0.318 e. The Morgan fingerprint density at radius 1 is 0.969 bits per heavy atom. The molecule has 4 rings (SSSR count). The van der Waals surface area contributed by atoms with E-state index in [1.165, 1.54) is 0 Å². The van der Waals surface area contributed by atoms with Crippen molar-refractivity contribution in [2.75, 3.05) is 6.26 Å². The molecule has 3 aliphatic rings. The van der Waals surface area contributed by atoms with Gasteiger partial charge in [0.1, 0.15) is 30.1 Å². The highest BCUT2D eigenvalue weighted by atomic mass is 32.2. The van der Waals surface area contributed by atoms with E-state index in [0.29, 0.717) is 6.26 Å². The third-order valence-electron chi connectivity index (χ3n) is 5.11. The first-order chi connectivity index (χ1) is 14.6. The quantitative estimate of drug-likeness (QED) is 0.139. The zero-order chi connectivity index (χ0) is 23.9. The van der Waals surface area contributed by atoms with Crippen molar-refractivity contribution in [3.05, 3.63) is 23.3 Å². The van der Waals surface area contributed by atoms with Gasteiger partial charge in [0.25, 0.3) is 10.1 Å². The molecule has 3 saturated heterocycles. The molecule has 0 radical (unpaired) electrons. The van der Waals surface area contributed by atoms with Crippen molar-refractivity contribution >= 4 is 32.2 Å². The van der Waals surface area contributed by atoms with Gasteiger partial charge in [-0.1, -0.05) is 0 Å². The van der Waals surface area contributed by atoms with Crippen LogP contribution in [0.1, 0.15) is 0 Å². The van der Waals surface area contributed by atoms with E-state index in [-0.39, 0.29) is 0 Å². The van der Waals surface area contributed by atoms with E-state index in [4.69, 9.17) is 18.2 Å². The minimum atomic E-state index is -5.74. The zero-order valence-corrected chi connectivity index (χ0v) is 17.0. The van der Waals surface area contributed by atoms with E-state index >= 15 is 0 Å². The lowest BCUT2D eigenvalue weighted by Crippen LogP contribution is -2.48. The van der Waals surface area contributed by atoms with Crippen molar-refractivity contribution < 1.29 is 66.9 Å². The Bertz CT molecular complexity index is 1230. The molecule has 3 heterocycles.